The van der Waals surface area contributed by atoms with Crippen LogP contribution >= 0.6 is 0 Å². The number of amides is 1. The number of carbonyl (C=O) groups excluding carboxylic acids is 1. The summed E-state index contributed by atoms with van der Waals surface area (Å²) in [6.07, 6.45) is 0. The minimum Gasteiger partial charge on any atom is -0.382 e. The van der Waals surface area contributed by atoms with Gasteiger partial charge < -0.3 is 10.6 Å². The van der Waals surface area contributed by atoms with E-state index in [0.717, 1.165) is 0 Å². The molecule has 0 aliphatic heterocycles. The average Bonchev–Trinajstić information content (AvgIpc) is 2.74. The lowest BCUT2D eigenvalue weighted by atomic mass is 10.2. The highest BCUT2D eigenvalue weighted by atomic mass is 19.1. The van der Waals surface area contributed by atoms with E-state index in [1.807, 2.05) is 0 Å². The molecule has 5 nitrogen and oxygen atoms in total. The lowest BCUT2D eigenvalue weighted by molar-refractivity contribution is 0.0988. The molecule has 0 bridgehead atoms. The Kier molecular flexibility index (Phi) is 2.78. The van der Waals surface area contributed by atoms with E-state index in [1.165, 1.54) is 29.2 Å². The lowest BCUT2D eigenvalue weighted by Gasteiger charge is -2.16. The molecule has 2 aromatic rings. The highest BCUT2D eigenvalue weighted by molar-refractivity contribution is 6.04. The molecule has 1 amide bonds. The molecule has 0 spiro atoms. The number of nitrogen functional groups attached to an aromatic ring is 1. The Balaban J connectivity index is 2.26. The third-order valence-electron chi connectivity index (χ3n) is 2.33. The number of halogens is 1. The van der Waals surface area contributed by atoms with Crippen LogP contribution in [-0.4, -0.2) is 23.2 Å². The van der Waals surface area contributed by atoms with E-state index in [4.69, 9.17) is 5.73 Å². The molecule has 3 N–H and O–H groups in total. The van der Waals surface area contributed by atoms with Gasteiger partial charge in [0.25, 0.3) is 5.91 Å². The summed E-state index contributed by atoms with van der Waals surface area (Å²) in [5.74, 6) is -0.493. The van der Waals surface area contributed by atoms with Crippen LogP contribution in [0.1, 0.15) is 10.5 Å². The van der Waals surface area contributed by atoms with Crippen molar-refractivity contribution in [2.24, 2.45) is 0 Å². The Morgan fingerprint density at radius 3 is 2.82 bits per heavy atom. The van der Waals surface area contributed by atoms with Gasteiger partial charge >= 0.3 is 0 Å². The van der Waals surface area contributed by atoms with Gasteiger partial charge in [-0.3, -0.25) is 9.89 Å². The molecule has 1 heterocycles. The van der Waals surface area contributed by atoms with E-state index in [0.29, 0.717) is 5.69 Å². The lowest BCUT2D eigenvalue weighted by Crippen LogP contribution is -2.26. The molecular formula is C11H11FN4O. The van der Waals surface area contributed by atoms with Crippen molar-refractivity contribution in [3.05, 3.63) is 41.8 Å². The number of H-pyrrole nitrogens is 1. The molecule has 17 heavy (non-hydrogen) atoms. The molecule has 88 valence electrons. The molecule has 0 atom stereocenters. The third kappa shape index (κ3) is 2.25. The minimum absolute atomic E-state index is 0.237. The van der Waals surface area contributed by atoms with Crippen molar-refractivity contribution >= 4 is 17.4 Å². The fraction of sp³-hybridized carbons (Fsp3) is 0.0909. The Bertz CT molecular complexity index is 552. The summed E-state index contributed by atoms with van der Waals surface area (Å²) in [5, 5.41) is 6.17. The van der Waals surface area contributed by atoms with E-state index < -0.39 is 5.82 Å². The predicted molar refractivity (Wildman–Crippen MR) is 62.1 cm³/mol. The number of rotatable bonds is 2. The molecule has 1 aromatic heterocycles. The Morgan fingerprint density at radius 2 is 2.24 bits per heavy atom. The van der Waals surface area contributed by atoms with Crippen molar-refractivity contribution in [1.82, 2.24) is 10.2 Å². The molecule has 0 aliphatic rings. The maximum atomic E-state index is 13.0. The number of nitrogens with one attached hydrogen (secondary N) is 1. The van der Waals surface area contributed by atoms with Crippen LogP contribution < -0.4 is 10.6 Å². The summed E-state index contributed by atoms with van der Waals surface area (Å²) in [6, 6.07) is 7.20. The van der Waals surface area contributed by atoms with E-state index in [1.54, 1.807) is 13.1 Å². The van der Waals surface area contributed by atoms with Gasteiger partial charge in [0.2, 0.25) is 0 Å². The Labute approximate surface area is 97.0 Å². The molecule has 0 saturated carbocycles. The predicted octanol–water partition coefficient (Wildman–Crippen LogP) is 1.41. The van der Waals surface area contributed by atoms with E-state index >= 15 is 0 Å². The molecule has 1 aromatic carbocycles. The van der Waals surface area contributed by atoms with Crippen molar-refractivity contribution in [1.29, 1.82) is 0 Å². The fourth-order valence-electron chi connectivity index (χ4n) is 1.43. The first-order valence-electron chi connectivity index (χ1n) is 4.92. The quantitative estimate of drug-likeness (QED) is 0.824. The largest absolute Gasteiger partial charge is 0.382 e. The van der Waals surface area contributed by atoms with Crippen molar-refractivity contribution < 1.29 is 9.18 Å². The molecule has 0 unspecified atom stereocenters. The first-order valence-corrected chi connectivity index (χ1v) is 4.92. The van der Waals surface area contributed by atoms with Crippen molar-refractivity contribution in [3.63, 3.8) is 0 Å². The smallest absolute Gasteiger partial charge is 0.276 e. The monoisotopic (exact) mass is 234 g/mol. The highest BCUT2D eigenvalue weighted by Crippen LogP contribution is 2.16. The number of nitrogens with two attached hydrogens (primary N) is 1. The molecule has 6 heteroatoms. The average molecular weight is 234 g/mol. The van der Waals surface area contributed by atoms with Crippen molar-refractivity contribution in [3.8, 4) is 0 Å². The van der Waals surface area contributed by atoms with Crippen LogP contribution in [0.15, 0.2) is 30.3 Å². The molecule has 0 saturated heterocycles. The number of nitrogens with zero attached hydrogens (tertiary/aromatic N) is 2. The van der Waals surface area contributed by atoms with Crippen LogP contribution in [0.2, 0.25) is 0 Å². The zero-order valence-corrected chi connectivity index (χ0v) is 9.14. The van der Waals surface area contributed by atoms with Crippen LogP contribution in [0.25, 0.3) is 0 Å². The molecular weight excluding hydrogens is 223 g/mol. The van der Waals surface area contributed by atoms with Gasteiger partial charge in [0.1, 0.15) is 17.3 Å². The number of carbonyl (C=O) groups is 1. The molecule has 0 fully saturated rings. The first-order chi connectivity index (χ1) is 8.08. The highest BCUT2D eigenvalue weighted by Gasteiger charge is 2.15. The maximum absolute atomic E-state index is 13.0. The van der Waals surface area contributed by atoms with Crippen molar-refractivity contribution in [2.75, 3.05) is 17.7 Å². The topological polar surface area (TPSA) is 75.0 Å². The zero-order valence-electron chi connectivity index (χ0n) is 9.14. The second-order valence-corrected chi connectivity index (χ2v) is 3.55. The first kappa shape index (κ1) is 11.1. The summed E-state index contributed by atoms with van der Waals surface area (Å²) in [4.78, 5) is 13.3. The minimum atomic E-state index is -0.397. The van der Waals surface area contributed by atoms with Crippen molar-refractivity contribution in [2.45, 2.75) is 0 Å². The number of aromatic nitrogens is 2. The van der Waals surface area contributed by atoms with Gasteiger partial charge in [0.15, 0.2) is 0 Å². The summed E-state index contributed by atoms with van der Waals surface area (Å²) >= 11 is 0. The number of aromatic amines is 1. The van der Waals surface area contributed by atoms with Gasteiger partial charge in [0.05, 0.1) is 0 Å². The summed E-state index contributed by atoms with van der Waals surface area (Å²) < 4.78 is 13.0. The van der Waals surface area contributed by atoms with Crippen LogP contribution in [0.5, 0.6) is 0 Å². The summed E-state index contributed by atoms with van der Waals surface area (Å²) in [6.45, 7) is 0. The third-order valence-corrected chi connectivity index (χ3v) is 2.33. The van der Waals surface area contributed by atoms with Crippen LogP contribution in [0.3, 0.4) is 0 Å². The number of hydrogen-bond acceptors (Lipinski definition) is 3. The van der Waals surface area contributed by atoms with Gasteiger partial charge in [-0.15, -0.1) is 0 Å². The normalized spacial score (nSPS) is 10.2. The van der Waals surface area contributed by atoms with Gasteiger partial charge in [-0.05, 0) is 18.2 Å². The van der Waals surface area contributed by atoms with Crippen LogP contribution in [-0.2, 0) is 0 Å². The van der Waals surface area contributed by atoms with E-state index in [9.17, 15) is 9.18 Å². The summed E-state index contributed by atoms with van der Waals surface area (Å²) in [7, 11) is 1.55. The Hall–Kier alpha value is -2.37. The fourth-order valence-corrected chi connectivity index (χ4v) is 1.43. The van der Waals surface area contributed by atoms with Crippen LogP contribution in [0.4, 0.5) is 15.9 Å². The number of benzene rings is 1. The number of anilines is 2. The van der Waals surface area contributed by atoms with Gasteiger partial charge in [-0.25, -0.2) is 4.39 Å². The molecule has 0 aliphatic carbocycles. The van der Waals surface area contributed by atoms with Crippen LogP contribution in [0, 0.1) is 5.82 Å². The van der Waals surface area contributed by atoms with Gasteiger partial charge in [-0.2, -0.15) is 5.10 Å². The zero-order chi connectivity index (χ0) is 12.4. The SMILES string of the molecule is CN(C(=O)c1cc(N)n[nH]1)c1cccc(F)c1. The molecule has 0 radical (unpaired) electrons. The summed E-state index contributed by atoms with van der Waals surface area (Å²) in [5.41, 5.74) is 6.13. The molecule has 2 rings (SSSR count). The maximum Gasteiger partial charge on any atom is 0.276 e. The number of hydrogen-bond donors (Lipinski definition) is 2. The standard InChI is InChI=1S/C11H11FN4O/c1-16(8-4-2-3-7(12)5-8)11(17)9-6-10(13)15-14-9/h2-6H,1H3,(H3,13,14,15). The van der Waals surface area contributed by atoms with E-state index in [-0.39, 0.29) is 17.4 Å². The second-order valence-electron chi connectivity index (χ2n) is 3.55. The second kappa shape index (κ2) is 4.25. The van der Waals surface area contributed by atoms with Gasteiger partial charge in [0, 0.05) is 18.8 Å². The van der Waals surface area contributed by atoms with E-state index in [2.05, 4.69) is 10.2 Å². The van der Waals surface area contributed by atoms with Gasteiger partial charge in [-0.1, -0.05) is 6.07 Å². The Morgan fingerprint density at radius 1 is 1.47 bits per heavy atom.